The van der Waals surface area contributed by atoms with Crippen molar-refractivity contribution in [3.63, 3.8) is 0 Å². The van der Waals surface area contributed by atoms with Gasteiger partial charge < -0.3 is 30.3 Å². The number of alkyl carbamates (subject to hydrolysis) is 1. The van der Waals surface area contributed by atoms with Gasteiger partial charge in [-0.15, -0.1) is 0 Å². The summed E-state index contributed by atoms with van der Waals surface area (Å²) >= 11 is 0. The molecule has 1 saturated heterocycles. The molecule has 2 fully saturated rings. The van der Waals surface area contributed by atoms with Crippen molar-refractivity contribution in [1.29, 1.82) is 0 Å². The highest BCUT2D eigenvalue weighted by atomic mass is 16.6. The number of amides is 3. The molecule has 1 aliphatic heterocycles. The van der Waals surface area contributed by atoms with Gasteiger partial charge in [-0.2, -0.15) is 0 Å². The van der Waals surface area contributed by atoms with Crippen molar-refractivity contribution in [2.75, 3.05) is 50.1 Å². The summed E-state index contributed by atoms with van der Waals surface area (Å²) in [6.07, 6.45) is 6.45. The van der Waals surface area contributed by atoms with Crippen LogP contribution in [0.2, 0.25) is 0 Å². The molecular formula is C39H51N7O5. The van der Waals surface area contributed by atoms with E-state index in [2.05, 4.69) is 35.8 Å². The number of aliphatic imine (C=N–C) groups is 1. The third-order valence-corrected chi connectivity index (χ3v) is 9.32. The van der Waals surface area contributed by atoms with Crippen LogP contribution in [0.15, 0.2) is 65.9 Å². The molecule has 2 aromatic carbocycles. The van der Waals surface area contributed by atoms with Gasteiger partial charge in [-0.05, 0) is 88.1 Å². The van der Waals surface area contributed by atoms with Crippen LogP contribution in [0.1, 0.15) is 64.5 Å². The first-order chi connectivity index (χ1) is 24.5. The number of anilines is 2. The molecule has 1 saturated carbocycles. The molecule has 0 radical (unpaired) electrons. The Balaban J connectivity index is 1.25. The van der Waals surface area contributed by atoms with Crippen molar-refractivity contribution in [2.45, 2.75) is 71.4 Å². The highest BCUT2D eigenvalue weighted by Gasteiger charge is 2.30. The molecule has 3 amide bonds. The minimum absolute atomic E-state index is 0.137. The molecule has 1 unspecified atom stereocenters. The summed E-state index contributed by atoms with van der Waals surface area (Å²) in [4.78, 5) is 55.2. The zero-order valence-electron chi connectivity index (χ0n) is 30.4. The fourth-order valence-corrected chi connectivity index (χ4v) is 6.33. The van der Waals surface area contributed by atoms with E-state index in [-0.39, 0.29) is 23.7 Å². The first-order valence-corrected chi connectivity index (χ1v) is 17.8. The summed E-state index contributed by atoms with van der Waals surface area (Å²) in [7, 11) is 1.74. The van der Waals surface area contributed by atoms with E-state index >= 15 is 0 Å². The summed E-state index contributed by atoms with van der Waals surface area (Å²) < 4.78 is 10.8. The maximum Gasteiger partial charge on any atom is 0.407 e. The van der Waals surface area contributed by atoms with Crippen molar-refractivity contribution in [3.8, 4) is 11.1 Å². The Hall–Kier alpha value is -4.84. The SMILES string of the molecule is CN=C(C)c1ccc(NC(=O)C(Cc2cccc(-c3cnc(N4CCOCC4)nc3)c2)NC(=O)C2CCC(CNC(=O)OC(C)(C)C)CC2)cc1. The number of morpholine rings is 1. The fraction of sp³-hybridized carbons (Fsp3) is 0.487. The summed E-state index contributed by atoms with van der Waals surface area (Å²) in [5.74, 6) is 0.288. The quantitative estimate of drug-likeness (QED) is 0.225. The molecule has 0 bridgehead atoms. The number of hydrogen-bond acceptors (Lipinski definition) is 9. The lowest BCUT2D eigenvalue weighted by Crippen LogP contribution is -2.48. The van der Waals surface area contributed by atoms with Crippen LogP contribution in [0.25, 0.3) is 11.1 Å². The van der Waals surface area contributed by atoms with Gasteiger partial charge in [0.25, 0.3) is 0 Å². The van der Waals surface area contributed by atoms with E-state index in [0.29, 0.717) is 50.7 Å². The van der Waals surface area contributed by atoms with Crippen molar-refractivity contribution < 1.29 is 23.9 Å². The number of hydrogen-bond donors (Lipinski definition) is 3. The Morgan fingerprint density at radius 1 is 0.980 bits per heavy atom. The lowest BCUT2D eigenvalue weighted by Gasteiger charge is -2.29. The lowest BCUT2D eigenvalue weighted by atomic mass is 9.81. The molecule has 5 rings (SSSR count). The van der Waals surface area contributed by atoms with E-state index in [1.54, 1.807) is 7.05 Å². The number of carbonyl (C=O) groups excluding carboxylic acids is 3. The lowest BCUT2D eigenvalue weighted by molar-refractivity contribution is -0.130. The minimum Gasteiger partial charge on any atom is -0.444 e. The maximum atomic E-state index is 13.8. The molecule has 2 heterocycles. The predicted octanol–water partition coefficient (Wildman–Crippen LogP) is 5.42. The van der Waals surface area contributed by atoms with E-state index in [9.17, 15) is 14.4 Å². The number of aromatic nitrogens is 2. The summed E-state index contributed by atoms with van der Waals surface area (Å²) in [5, 5.41) is 8.96. The molecular weight excluding hydrogens is 646 g/mol. The molecule has 1 atom stereocenters. The minimum atomic E-state index is -0.808. The highest BCUT2D eigenvalue weighted by Crippen LogP contribution is 2.29. The van der Waals surface area contributed by atoms with E-state index in [0.717, 1.165) is 53.9 Å². The maximum absolute atomic E-state index is 13.8. The van der Waals surface area contributed by atoms with E-state index in [4.69, 9.17) is 9.47 Å². The number of carbonyl (C=O) groups is 3. The van der Waals surface area contributed by atoms with Crippen LogP contribution in [-0.4, -0.2) is 85.1 Å². The van der Waals surface area contributed by atoms with Crippen LogP contribution in [0.4, 0.5) is 16.4 Å². The zero-order valence-corrected chi connectivity index (χ0v) is 30.4. The van der Waals surface area contributed by atoms with Crippen molar-refractivity contribution >= 4 is 35.3 Å². The average Bonchev–Trinajstić information content (AvgIpc) is 3.13. The number of benzene rings is 2. The highest BCUT2D eigenvalue weighted by molar-refractivity contribution is 6.00. The third kappa shape index (κ3) is 11.1. The van der Waals surface area contributed by atoms with Crippen molar-refractivity contribution in [3.05, 3.63) is 72.1 Å². The number of rotatable bonds is 11. The van der Waals surface area contributed by atoms with Gasteiger partial charge in [0, 0.05) is 68.4 Å². The second kappa shape index (κ2) is 17.4. The molecule has 51 heavy (non-hydrogen) atoms. The van der Waals surface area contributed by atoms with Gasteiger partial charge >= 0.3 is 6.09 Å². The van der Waals surface area contributed by atoms with E-state index < -0.39 is 17.7 Å². The topological polar surface area (TPSA) is 147 Å². The molecule has 3 N–H and O–H groups in total. The molecule has 2 aliphatic rings. The Morgan fingerprint density at radius 3 is 2.31 bits per heavy atom. The Kier molecular flexibility index (Phi) is 12.8. The zero-order chi connectivity index (χ0) is 36.4. The van der Waals surface area contributed by atoms with Crippen molar-refractivity contribution in [2.24, 2.45) is 16.8 Å². The molecule has 0 spiro atoms. The monoisotopic (exact) mass is 697 g/mol. The van der Waals surface area contributed by atoms with Gasteiger partial charge in [0.1, 0.15) is 11.6 Å². The van der Waals surface area contributed by atoms with Gasteiger partial charge in [-0.3, -0.25) is 14.6 Å². The predicted molar refractivity (Wildman–Crippen MR) is 199 cm³/mol. The van der Waals surface area contributed by atoms with Crippen LogP contribution in [0, 0.1) is 11.8 Å². The van der Waals surface area contributed by atoms with Gasteiger partial charge in [-0.25, -0.2) is 14.8 Å². The van der Waals surface area contributed by atoms with Crippen molar-refractivity contribution in [1.82, 2.24) is 20.6 Å². The number of nitrogens with zero attached hydrogens (tertiary/aromatic N) is 4. The largest absolute Gasteiger partial charge is 0.444 e. The summed E-state index contributed by atoms with van der Waals surface area (Å²) in [6, 6.07) is 14.6. The molecule has 3 aromatic rings. The van der Waals surface area contributed by atoms with Crippen LogP contribution in [0.3, 0.4) is 0 Å². The summed E-state index contributed by atoms with van der Waals surface area (Å²) in [5.41, 5.74) is 4.63. The fourth-order valence-electron chi connectivity index (χ4n) is 6.33. The second-order valence-electron chi connectivity index (χ2n) is 14.3. The smallest absolute Gasteiger partial charge is 0.407 e. The van der Waals surface area contributed by atoms with Gasteiger partial charge in [0.2, 0.25) is 17.8 Å². The first-order valence-electron chi connectivity index (χ1n) is 17.8. The van der Waals surface area contributed by atoms with Gasteiger partial charge in [0.05, 0.1) is 13.2 Å². The van der Waals surface area contributed by atoms with E-state index in [1.165, 1.54) is 0 Å². The van der Waals surface area contributed by atoms with Crippen LogP contribution < -0.4 is 20.9 Å². The molecule has 1 aliphatic carbocycles. The van der Waals surface area contributed by atoms with Crippen LogP contribution >= 0.6 is 0 Å². The number of ether oxygens (including phenoxy) is 2. The average molecular weight is 698 g/mol. The Bertz CT molecular complexity index is 1660. The molecule has 12 heteroatoms. The molecule has 272 valence electrons. The van der Waals surface area contributed by atoms with E-state index in [1.807, 2.05) is 88.6 Å². The standard InChI is InChI=1S/C39H51N7O5/c1-26(40-5)29-13-15-33(16-14-29)44-36(48)34(45-35(47)30-11-9-27(10-12-30)23-43-38(49)51-39(2,3)4)22-28-7-6-8-31(21-28)32-24-41-37(42-25-32)46-17-19-50-20-18-46/h6-8,13-16,21,24-25,27,30,34H,9-12,17-20,22-23H2,1-5H3,(H,43,49)(H,44,48)(H,45,47). The molecule has 12 nitrogen and oxygen atoms in total. The Labute approximate surface area is 300 Å². The first kappa shape index (κ1) is 37.4. The van der Waals surface area contributed by atoms with Gasteiger partial charge in [-0.1, -0.05) is 36.4 Å². The van der Waals surface area contributed by atoms with Crippen LogP contribution in [-0.2, 0) is 25.5 Å². The molecule has 1 aromatic heterocycles. The second-order valence-corrected chi connectivity index (χ2v) is 14.3. The number of nitrogens with one attached hydrogen (secondary N) is 3. The summed E-state index contributed by atoms with van der Waals surface area (Å²) in [6.45, 7) is 10.8. The van der Waals surface area contributed by atoms with Gasteiger partial charge in [0.15, 0.2) is 0 Å². The third-order valence-electron chi connectivity index (χ3n) is 9.32. The Morgan fingerprint density at radius 2 is 1.67 bits per heavy atom. The normalized spacial score (nSPS) is 18.8. The van der Waals surface area contributed by atoms with Crippen LogP contribution in [0.5, 0.6) is 0 Å².